The number of hydrogen-bond acceptors (Lipinski definition) is 12. The van der Waals surface area contributed by atoms with Gasteiger partial charge in [-0.05, 0) is 46.2 Å². The second kappa shape index (κ2) is 26.8. The summed E-state index contributed by atoms with van der Waals surface area (Å²) < 4.78 is 5.97. The number of rotatable bonds is 4. The van der Waals surface area contributed by atoms with E-state index in [0.717, 1.165) is 49.3 Å². The van der Waals surface area contributed by atoms with Crippen LogP contribution < -0.4 is 10.2 Å². The first kappa shape index (κ1) is 60.9. The Morgan fingerprint density at radius 1 is 0.463 bits per heavy atom. The van der Waals surface area contributed by atoms with Crippen molar-refractivity contribution in [1.82, 2.24) is 34.7 Å². The van der Waals surface area contributed by atoms with E-state index in [0.29, 0.717) is 0 Å². The molecular weight excluding hydrogens is 1460 g/mol. The van der Waals surface area contributed by atoms with Gasteiger partial charge in [-0.2, -0.15) is 0 Å². The molecule has 0 saturated carbocycles. The number of carbonyl (C=O) groups excluding carboxylic acids is 7. The van der Waals surface area contributed by atoms with Crippen molar-refractivity contribution in [3.8, 4) is 0 Å². The summed E-state index contributed by atoms with van der Waals surface area (Å²) in [4.78, 5) is 91.4. The molecule has 410 valence electrons. The van der Waals surface area contributed by atoms with Gasteiger partial charge in [0.05, 0.1) is 0 Å². The normalized spacial score (nSPS) is 16.0. The van der Waals surface area contributed by atoms with Gasteiger partial charge in [0.1, 0.15) is 6.42 Å². The van der Waals surface area contributed by atoms with E-state index in [9.17, 15) is 33.6 Å². The maximum Gasteiger partial charge on any atom is 0.0212 e. The first-order valence-electron chi connectivity index (χ1n) is 24.4. The van der Waals surface area contributed by atoms with Gasteiger partial charge in [-0.3, -0.25) is 19.4 Å². The van der Waals surface area contributed by atoms with Crippen LogP contribution in [0.15, 0.2) is 120 Å². The van der Waals surface area contributed by atoms with E-state index in [1.54, 1.807) is 66.6 Å². The largest absolute Gasteiger partial charge is 0.309 e. The minimum absolute atomic E-state index is 0.0763. The van der Waals surface area contributed by atoms with E-state index in [4.69, 9.17) is 59.9 Å². The molecule has 1 N–H and O–H groups in total. The van der Waals surface area contributed by atoms with Crippen LogP contribution in [-0.4, -0.2) is 190 Å². The zero-order valence-electron chi connectivity index (χ0n) is 43.9. The summed E-state index contributed by atoms with van der Waals surface area (Å²) in [5.41, 5.74) is 6.00. The van der Waals surface area contributed by atoms with Gasteiger partial charge in [-0.15, -0.1) is 0 Å². The summed E-state index contributed by atoms with van der Waals surface area (Å²) in [6, 6.07) is 37.6. The number of benzene rings is 4. The molecule has 0 aliphatic carbocycles. The Morgan fingerprint density at radius 2 is 0.812 bits per heavy atom. The Morgan fingerprint density at radius 3 is 1.18 bits per heavy atom. The molecule has 7 aromatic rings. The Balaban J connectivity index is 0.000000143. The molecule has 3 saturated heterocycles. The van der Waals surface area contributed by atoms with Crippen molar-refractivity contribution >= 4 is 216 Å². The summed E-state index contributed by atoms with van der Waals surface area (Å²) in [5, 5.41) is 9.34. The quantitative estimate of drug-likeness (QED) is 0.0472. The predicted octanol–water partition coefficient (Wildman–Crippen LogP) is 7.26. The van der Waals surface area contributed by atoms with Crippen LogP contribution in [0.2, 0.25) is 6.08 Å². The van der Waals surface area contributed by atoms with Crippen molar-refractivity contribution in [3.63, 3.8) is 0 Å². The molecule has 3 aromatic heterocycles. The maximum absolute atomic E-state index is 12.6. The fourth-order valence-corrected chi connectivity index (χ4v) is 16.7. The Labute approximate surface area is 517 Å². The topological polar surface area (TPSA) is 154 Å². The number of carbonyl (C=O) groups is 7. The first-order valence-corrected chi connectivity index (χ1v) is 33.3. The number of nitrogens with zero attached hydrogens (tertiary/aromatic N) is 7. The standard InChI is InChI=1S/C23H19N3O2STe.C12H11N.C11H9ClN2O2STe.C6H8N2O2S.C5H3ClOTe/c1-24-21(27)19(22(28)25(2)23(24)29)11-18-7-8-20(30-18)26-12-16-9-14-5-3-4-6-15(14)10-17(16)13-26;1-2-4-10-6-12-8-13-7-11(12)5-9(10)3-1;1-13-9(15)7(10(16)14(2)11(13)17)5-6-3-4-8(12)18-6;1-7-4(9)3-5(10)8(2)6(7)11;6-5-2-1-4(3-7)8-5/h3-11H,12-13H2,1-2H3;1-6,13H,7-8H2;3-5H,1-2H3;3H2,1-2H3;1-3H. The molecule has 80 heavy (non-hydrogen) atoms. The van der Waals surface area contributed by atoms with Gasteiger partial charge in [-0.1, -0.05) is 24.3 Å². The molecule has 0 radical (unpaired) electrons. The molecule has 23 heteroatoms. The number of anilines is 1. The number of likely N-dealkylation sites (N-methyl/N-ethyl adjacent to an activating group) is 4. The van der Waals surface area contributed by atoms with Gasteiger partial charge in [0.25, 0.3) is 0 Å². The number of halogens is 2. The summed E-state index contributed by atoms with van der Waals surface area (Å²) in [5.74, 6) is -1.86. The summed E-state index contributed by atoms with van der Waals surface area (Å²) in [6.45, 7) is 3.87. The SMILES string of the molecule is CN1C(=O)C(=Cc2ccc(Cl)[te]2)C(=O)N(C)C1=S.CN1C(=O)C(=Cc2ccc(N3Cc4cc5ccccc5cc4C3)[te]2)C(=O)N(C)C1=S.CN1C(=O)CC(=O)N(C)C1=S.O=Cc1ccc(Cl)[te]1.c1ccc2cc3c(cc2c1)CNC3. The molecule has 4 aromatic carbocycles. The van der Waals surface area contributed by atoms with Crippen LogP contribution in [0.4, 0.5) is 3.70 Å². The zero-order chi connectivity index (χ0) is 57.7. The van der Waals surface area contributed by atoms with E-state index in [1.807, 2.05) is 12.1 Å². The Hall–Kier alpha value is -5.21. The van der Waals surface area contributed by atoms with Crippen molar-refractivity contribution in [3.05, 3.63) is 159 Å². The van der Waals surface area contributed by atoms with Crippen LogP contribution in [0.5, 0.6) is 0 Å². The average molecular weight is 1510 g/mol. The van der Waals surface area contributed by atoms with Crippen LogP contribution in [0.25, 0.3) is 33.7 Å². The maximum atomic E-state index is 12.6. The third-order valence-electron chi connectivity index (χ3n) is 13.2. The number of aldehydes is 1. The summed E-state index contributed by atoms with van der Waals surface area (Å²) in [6.07, 6.45) is 4.21. The zero-order valence-corrected chi connectivity index (χ0v) is 54.8. The minimum Gasteiger partial charge on any atom is -0.309 e. The number of nitrogens with one attached hydrogen (secondary N) is 1. The average Bonchev–Trinajstić information content (AvgIpc) is 4.40. The summed E-state index contributed by atoms with van der Waals surface area (Å²) >= 11 is 24.7. The Bertz CT molecular complexity index is 3600. The van der Waals surface area contributed by atoms with Crippen LogP contribution >= 0.6 is 59.9 Å². The summed E-state index contributed by atoms with van der Waals surface area (Å²) in [7, 11) is 9.46. The fourth-order valence-electron chi connectivity index (χ4n) is 8.67. The van der Waals surface area contributed by atoms with Crippen LogP contribution in [-0.2, 0) is 54.9 Å². The molecule has 15 nitrogen and oxygen atoms in total. The van der Waals surface area contributed by atoms with E-state index in [-0.39, 0.29) is 68.3 Å². The van der Waals surface area contributed by atoms with Crippen LogP contribution in [0.1, 0.15) is 44.2 Å². The van der Waals surface area contributed by atoms with Crippen molar-refractivity contribution in [2.75, 3.05) is 47.2 Å². The number of amides is 6. The van der Waals surface area contributed by atoms with Gasteiger partial charge in [0, 0.05) is 27.2 Å². The molecule has 5 aliphatic rings. The number of thiocarbonyl (C=S) groups is 3. The predicted molar refractivity (Wildman–Crippen MR) is 329 cm³/mol. The third kappa shape index (κ3) is 14.0. The van der Waals surface area contributed by atoms with Crippen molar-refractivity contribution in [2.45, 2.75) is 32.6 Å². The van der Waals surface area contributed by atoms with Crippen molar-refractivity contribution < 1.29 is 33.6 Å². The van der Waals surface area contributed by atoms with Gasteiger partial charge in [0.15, 0.2) is 5.11 Å². The number of fused-ring (bicyclic) bond motifs is 4. The second-order valence-corrected chi connectivity index (χ2v) is 31.3. The monoisotopic (exact) mass is 1510 g/mol. The Kier molecular flexibility index (Phi) is 20.4. The van der Waals surface area contributed by atoms with Crippen LogP contribution in [0, 0.1) is 0 Å². The molecule has 3 fully saturated rings. The first-order chi connectivity index (χ1) is 38.1. The van der Waals surface area contributed by atoms with Crippen LogP contribution in [0.3, 0.4) is 0 Å². The van der Waals surface area contributed by atoms with E-state index >= 15 is 0 Å². The fraction of sp³-hybridized carbons (Fsp3) is 0.193. The molecule has 0 spiro atoms. The number of hydrogen-bond donors (Lipinski definition) is 1. The van der Waals surface area contributed by atoms with Gasteiger partial charge in [0.2, 0.25) is 11.8 Å². The van der Waals surface area contributed by atoms with Gasteiger partial charge >= 0.3 is 377 Å². The smallest absolute Gasteiger partial charge is 0.0212 e. The molecule has 8 heterocycles. The molecule has 0 bridgehead atoms. The molecule has 12 rings (SSSR count). The third-order valence-corrected chi connectivity index (χ3v) is 23.9. The van der Waals surface area contributed by atoms with E-state index < -0.39 is 61.3 Å². The second-order valence-electron chi connectivity index (χ2n) is 18.5. The molecule has 6 amide bonds. The molecule has 0 unspecified atom stereocenters. The van der Waals surface area contributed by atoms with Crippen molar-refractivity contribution in [1.29, 1.82) is 0 Å². The minimum atomic E-state index is -0.665. The van der Waals surface area contributed by atoms with E-state index in [2.05, 4.69) is 95.1 Å². The van der Waals surface area contributed by atoms with Crippen molar-refractivity contribution in [2.24, 2.45) is 0 Å². The molecule has 0 atom stereocenters. The van der Waals surface area contributed by atoms with Gasteiger partial charge < -0.3 is 5.32 Å². The van der Waals surface area contributed by atoms with E-state index in [1.165, 1.54) is 76.9 Å². The van der Waals surface area contributed by atoms with Gasteiger partial charge in [-0.25, -0.2) is 0 Å². The molecular formula is C57H50Cl2N8O7S3Te3. The molecule has 5 aliphatic heterocycles.